The van der Waals surface area contributed by atoms with Crippen LogP contribution in [0.4, 0.5) is 0 Å². The molecule has 2 aromatic rings. The van der Waals surface area contributed by atoms with Gasteiger partial charge in [-0.15, -0.1) is 0 Å². The predicted molar refractivity (Wildman–Crippen MR) is 88.8 cm³/mol. The van der Waals surface area contributed by atoms with Gasteiger partial charge in [0.05, 0.1) is 6.04 Å². The summed E-state index contributed by atoms with van der Waals surface area (Å²) in [6.45, 7) is 4.43. The molecule has 0 unspecified atom stereocenters. The van der Waals surface area contributed by atoms with Crippen LogP contribution in [0.5, 0.6) is 0 Å². The van der Waals surface area contributed by atoms with Crippen LogP contribution in [0.2, 0.25) is 0 Å². The fourth-order valence-corrected chi connectivity index (χ4v) is 3.59. The third-order valence-corrected chi connectivity index (χ3v) is 4.92. The van der Waals surface area contributed by atoms with Crippen LogP contribution in [0.3, 0.4) is 0 Å². The van der Waals surface area contributed by atoms with Gasteiger partial charge in [0, 0.05) is 37.7 Å². The quantitative estimate of drug-likeness (QED) is 0.935. The smallest absolute Gasteiger partial charge is 0.252 e. The highest BCUT2D eigenvalue weighted by atomic mass is 16.5. The lowest BCUT2D eigenvalue weighted by atomic mass is 10.00. The van der Waals surface area contributed by atoms with Crippen LogP contribution in [0.25, 0.3) is 0 Å². The van der Waals surface area contributed by atoms with Gasteiger partial charge in [-0.05, 0) is 31.4 Å². The summed E-state index contributed by atoms with van der Waals surface area (Å²) < 4.78 is 7.40. The van der Waals surface area contributed by atoms with Crippen molar-refractivity contribution in [2.45, 2.75) is 44.7 Å². The Balaban J connectivity index is 1.58. The molecule has 6 heteroatoms. The van der Waals surface area contributed by atoms with Gasteiger partial charge in [-0.25, -0.2) is 9.67 Å². The molecule has 1 saturated heterocycles. The molecule has 1 amide bonds. The predicted octanol–water partition coefficient (Wildman–Crippen LogP) is 2.22. The van der Waals surface area contributed by atoms with E-state index in [0.29, 0.717) is 12.3 Å². The van der Waals surface area contributed by atoms with E-state index in [1.165, 1.54) is 0 Å². The van der Waals surface area contributed by atoms with Crippen LogP contribution in [0.15, 0.2) is 24.3 Å². The van der Waals surface area contributed by atoms with E-state index in [-0.39, 0.29) is 11.9 Å². The van der Waals surface area contributed by atoms with Crippen molar-refractivity contribution in [1.82, 2.24) is 20.1 Å². The number of nitrogens with one attached hydrogen (secondary N) is 1. The molecule has 6 nitrogen and oxygen atoms in total. The highest BCUT2D eigenvalue weighted by Crippen LogP contribution is 2.29. The molecule has 4 rings (SSSR count). The zero-order valence-electron chi connectivity index (χ0n) is 13.9. The van der Waals surface area contributed by atoms with Gasteiger partial charge in [0.2, 0.25) is 0 Å². The summed E-state index contributed by atoms with van der Waals surface area (Å²) in [7, 11) is 0. The molecule has 0 radical (unpaired) electrons. The van der Waals surface area contributed by atoms with Crippen molar-refractivity contribution in [2.24, 2.45) is 0 Å². The first kappa shape index (κ1) is 15.3. The van der Waals surface area contributed by atoms with Crippen molar-refractivity contribution in [3.8, 4) is 0 Å². The van der Waals surface area contributed by atoms with Gasteiger partial charge < -0.3 is 10.1 Å². The molecule has 2 aliphatic heterocycles. The highest BCUT2D eigenvalue weighted by Gasteiger charge is 2.30. The van der Waals surface area contributed by atoms with Gasteiger partial charge in [-0.2, -0.15) is 5.10 Å². The molecule has 1 N–H and O–H groups in total. The standard InChI is InChI=1S/C18H22N4O2/c1-2-22-16(20-17(21-22)12-7-9-24-10-8-12)11-15-13-5-3-4-6-14(13)18(23)19-15/h3-6,12,15H,2,7-11H2,1H3,(H,19,23)/t15-/m1/s1. The zero-order chi connectivity index (χ0) is 16.5. The van der Waals surface area contributed by atoms with E-state index in [2.05, 4.69) is 12.2 Å². The van der Waals surface area contributed by atoms with Crippen molar-refractivity contribution in [3.05, 3.63) is 47.0 Å². The van der Waals surface area contributed by atoms with Crippen molar-refractivity contribution in [2.75, 3.05) is 13.2 Å². The maximum Gasteiger partial charge on any atom is 0.252 e. The molecule has 0 spiro atoms. The van der Waals surface area contributed by atoms with Gasteiger partial charge in [-0.1, -0.05) is 18.2 Å². The number of hydrogen-bond donors (Lipinski definition) is 1. The van der Waals surface area contributed by atoms with Crippen molar-refractivity contribution in [3.63, 3.8) is 0 Å². The number of rotatable bonds is 4. The number of hydrogen-bond acceptors (Lipinski definition) is 4. The number of carbonyl (C=O) groups excluding carboxylic acids is 1. The Kier molecular flexibility index (Phi) is 4.06. The van der Waals surface area contributed by atoms with Gasteiger partial charge in [0.1, 0.15) is 5.82 Å². The molecule has 3 heterocycles. The topological polar surface area (TPSA) is 69.0 Å². The minimum absolute atomic E-state index is 0.00261. The Labute approximate surface area is 141 Å². The minimum atomic E-state index is -0.0225. The summed E-state index contributed by atoms with van der Waals surface area (Å²) in [6, 6.07) is 7.75. The average Bonchev–Trinajstić information content (AvgIpc) is 3.18. The lowest BCUT2D eigenvalue weighted by Gasteiger charge is -2.18. The summed E-state index contributed by atoms with van der Waals surface area (Å²) in [4.78, 5) is 16.9. The molecule has 0 bridgehead atoms. The van der Waals surface area contributed by atoms with Gasteiger partial charge in [-0.3, -0.25) is 4.79 Å². The fourth-order valence-electron chi connectivity index (χ4n) is 3.59. The van der Waals surface area contributed by atoms with E-state index < -0.39 is 0 Å². The molecule has 1 aromatic heterocycles. The van der Waals surface area contributed by atoms with Gasteiger partial charge >= 0.3 is 0 Å². The second kappa shape index (κ2) is 6.36. The molecule has 0 aliphatic carbocycles. The van der Waals surface area contributed by atoms with Crippen molar-refractivity contribution >= 4 is 5.91 Å². The second-order valence-corrected chi connectivity index (χ2v) is 6.41. The summed E-state index contributed by atoms with van der Waals surface area (Å²) in [6.07, 6.45) is 2.64. The van der Waals surface area contributed by atoms with Crippen LogP contribution in [-0.2, 0) is 17.7 Å². The molecule has 1 aromatic carbocycles. The minimum Gasteiger partial charge on any atom is -0.381 e. The van der Waals surface area contributed by atoms with Crippen molar-refractivity contribution < 1.29 is 9.53 Å². The summed E-state index contributed by atoms with van der Waals surface area (Å²) >= 11 is 0. The first-order valence-electron chi connectivity index (χ1n) is 8.67. The third kappa shape index (κ3) is 2.71. The lowest BCUT2D eigenvalue weighted by Crippen LogP contribution is -2.22. The Bertz CT molecular complexity index is 749. The zero-order valence-corrected chi connectivity index (χ0v) is 13.9. The normalized spacial score (nSPS) is 20.9. The van der Waals surface area contributed by atoms with E-state index >= 15 is 0 Å². The fraction of sp³-hybridized carbons (Fsp3) is 0.500. The Hall–Kier alpha value is -2.21. The monoisotopic (exact) mass is 326 g/mol. The number of carbonyl (C=O) groups is 1. The molecule has 1 atom stereocenters. The summed E-state index contributed by atoms with van der Waals surface area (Å²) in [5, 5.41) is 7.77. The molecule has 24 heavy (non-hydrogen) atoms. The van der Waals surface area contributed by atoms with Crippen LogP contribution < -0.4 is 5.32 Å². The van der Waals surface area contributed by atoms with Crippen LogP contribution in [-0.4, -0.2) is 33.9 Å². The highest BCUT2D eigenvalue weighted by molar-refractivity contribution is 5.99. The first-order valence-corrected chi connectivity index (χ1v) is 8.67. The largest absolute Gasteiger partial charge is 0.381 e. The van der Waals surface area contributed by atoms with E-state index in [4.69, 9.17) is 14.8 Å². The number of ether oxygens (including phenoxy) is 1. The number of fused-ring (bicyclic) bond motifs is 1. The number of aromatic nitrogens is 3. The third-order valence-electron chi connectivity index (χ3n) is 4.92. The van der Waals surface area contributed by atoms with Crippen LogP contribution in [0.1, 0.15) is 59.3 Å². The maximum atomic E-state index is 12.1. The number of benzene rings is 1. The summed E-state index contributed by atoms with van der Waals surface area (Å²) in [5.74, 6) is 2.26. The van der Waals surface area contributed by atoms with Gasteiger partial charge in [0.15, 0.2) is 5.82 Å². The molecular weight excluding hydrogens is 304 g/mol. The average molecular weight is 326 g/mol. The molecule has 0 saturated carbocycles. The SMILES string of the molecule is CCn1nc(C2CCOCC2)nc1C[C@H]1NC(=O)c2ccccc21. The van der Waals surface area contributed by atoms with E-state index in [9.17, 15) is 4.79 Å². The number of nitrogens with zero attached hydrogens (tertiary/aromatic N) is 3. The summed E-state index contributed by atoms with van der Waals surface area (Å²) in [5.41, 5.74) is 1.83. The molecule has 1 fully saturated rings. The van der Waals surface area contributed by atoms with Crippen molar-refractivity contribution in [1.29, 1.82) is 0 Å². The molecular formula is C18H22N4O2. The van der Waals surface area contributed by atoms with E-state index in [1.807, 2.05) is 28.9 Å². The number of amides is 1. The Morgan fingerprint density at radius 3 is 2.88 bits per heavy atom. The van der Waals surface area contributed by atoms with Gasteiger partial charge in [0.25, 0.3) is 5.91 Å². The molecule has 2 aliphatic rings. The second-order valence-electron chi connectivity index (χ2n) is 6.41. The maximum absolute atomic E-state index is 12.1. The Morgan fingerprint density at radius 2 is 2.08 bits per heavy atom. The first-order chi connectivity index (χ1) is 11.8. The van der Waals surface area contributed by atoms with E-state index in [0.717, 1.165) is 55.4 Å². The van der Waals surface area contributed by atoms with Crippen LogP contribution >= 0.6 is 0 Å². The Morgan fingerprint density at radius 1 is 1.29 bits per heavy atom. The lowest BCUT2D eigenvalue weighted by molar-refractivity contribution is 0.0835. The number of aryl methyl sites for hydroxylation is 1. The van der Waals surface area contributed by atoms with Crippen LogP contribution in [0, 0.1) is 0 Å². The molecule has 126 valence electrons. The van der Waals surface area contributed by atoms with E-state index in [1.54, 1.807) is 0 Å².